The van der Waals surface area contributed by atoms with E-state index in [4.69, 9.17) is 10.7 Å². The van der Waals surface area contributed by atoms with Gasteiger partial charge in [-0.3, -0.25) is 4.79 Å². The lowest BCUT2D eigenvalue weighted by molar-refractivity contribution is -0.124. The normalized spacial score (nSPS) is 12.9. The third-order valence-corrected chi connectivity index (χ3v) is 4.46. The highest BCUT2D eigenvalue weighted by atomic mass is 35.7. The summed E-state index contributed by atoms with van der Waals surface area (Å²) in [6, 6.07) is 6.35. The topological polar surface area (TPSA) is 63.2 Å². The number of benzene rings is 1. The van der Waals surface area contributed by atoms with E-state index in [1.807, 2.05) is 6.92 Å². The average Bonchev–Trinajstić information content (AvgIpc) is 2.38. The molecule has 112 valence electrons. The second-order valence-corrected chi connectivity index (χ2v) is 7.38. The van der Waals surface area contributed by atoms with E-state index < -0.39 is 9.05 Å². The van der Waals surface area contributed by atoms with Crippen LogP contribution in [-0.2, 0) is 20.3 Å². The molecule has 0 spiro atoms. The third-order valence-electron chi connectivity index (χ3n) is 3.09. The van der Waals surface area contributed by atoms with Crippen molar-refractivity contribution in [2.45, 2.75) is 38.0 Å². The maximum atomic E-state index is 11.7. The SMILES string of the molecule is CCCC(C)C(=O)NCCc1ccc(S(=O)(=O)Cl)cc1. The highest BCUT2D eigenvalue weighted by Gasteiger charge is 2.11. The van der Waals surface area contributed by atoms with E-state index in [9.17, 15) is 13.2 Å². The number of amides is 1. The molecule has 0 saturated heterocycles. The monoisotopic (exact) mass is 317 g/mol. The van der Waals surface area contributed by atoms with E-state index >= 15 is 0 Å². The number of hydrogen-bond acceptors (Lipinski definition) is 3. The maximum Gasteiger partial charge on any atom is 0.261 e. The first-order chi connectivity index (χ1) is 9.34. The van der Waals surface area contributed by atoms with Crippen LogP contribution in [0.3, 0.4) is 0 Å². The van der Waals surface area contributed by atoms with Gasteiger partial charge in [0, 0.05) is 23.1 Å². The molecule has 0 saturated carbocycles. The summed E-state index contributed by atoms with van der Waals surface area (Å²) in [4.78, 5) is 11.8. The highest BCUT2D eigenvalue weighted by molar-refractivity contribution is 8.13. The first-order valence-corrected chi connectivity index (χ1v) is 8.97. The predicted octanol–water partition coefficient (Wildman–Crippen LogP) is 2.71. The standard InChI is InChI=1S/C14H20ClNO3S/c1-3-4-11(2)14(17)16-10-9-12-5-7-13(8-6-12)20(15,18)19/h5-8,11H,3-4,9-10H2,1-2H3,(H,16,17). The summed E-state index contributed by atoms with van der Waals surface area (Å²) in [6.45, 7) is 4.51. The Morgan fingerprint density at radius 3 is 2.40 bits per heavy atom. The lowest BCUT2D eigenvalue weighted by atomic mass is 10.1. The van der Waals surface area contributed by atoms with Gasteiger partial charge < -0.3 is 5.32 Å². The minimum Gasteiger partial charge on any atom is -0.356 e. The molecule has 0 fully saturated rings. The van der Waals surface area contributed by atoms with Crippen LogP contribution in [-0.4, -0.2) is 20.9 Å². The lowest BCUT2D eigenvalue weighted by Crippen LogP contribution is -2.30. The molecule has 0 heterocycles. The minimum atomic E-state index is -3.67. The number of halogens is 1. The Kier molecular flexibility index (Phi) is 6.49. The summed E-state index contributed by atoms with van der Waals surface area (Å²) in [5.41, 5.74) is 0.956. The number of rotatable bonds is 7. The summed E-state index contributed by atoms with van der Waals surface area (Å²) in [5.74, 6) is 0.0931. The average molecular weight is 318 g/mol. The molecule has 0 aromatic heterocycles. The van der Waals surface area contributed by atoms with Gasteiger partial charge in [-0.25, -0.2) is 8.42 Å². The van der Waals surface area contributed by atoms with Gasteiger partial charge in [0.15, 0.2) is 0 Å². The molecule has 0 aliphatic rings. The summed E-state index contributed by atoms with van der Waals surface area (Å²) < 4.78 is 22.2. The molecular formula is C14H20ClNO3S. The van der Waals surface area contributed by atoms with Gasteiger partial charge in [-0.15, -0.1) is 0 Å². The Balaban J connectivity index is 2.45. The summed E-state index contributed by atoms with van der Waals surface area (Å²) in [6.07, 6.45) is 2.53. The second-order valence-electron chi connectivity index (χ2n) is 4.81. The van der Waals surface area contributed by atoms with Crippen LogP contribution in [0.15, 0.2) is 29.2 Å². The van der Waals surface area contributed by atoms with E-state index in [2.05, 4.69) is 12.2 Å². The molecule has 1 aromatic rings. The van der Waals surface area contributed by atoms with Crippen LogP contribution in [0.2, 0.25) is 0 Å². The fourth-order valence-electron chi connectivity index (χ4n) is 1.89. The molecule has 0 aliphatic carbocycles. The fraction of sp³-hybridized carbons (Fsp3) is 0.500. The van der Waals surface area contributed by atoms with E-state index in [-0.39, 0.29) is 16.7 Å². The van der Waals surface area contributed by atoms with Crippen LogP contribution in [0.25, 0.3) is 0 Å². The number of hydrogen-bond donors (Lipinski definition) is 1. The van der Waals surface area contributed by atoms with Gasteiger partial charge >= 0.3 is 0 Å². The molecule has 6 heteroatoms. The van der Waals surface area contributed by atoms with Gasteiger partial charge in [0.1, 0.15) is 0 Å². The van der Waals surface area contributed by atoms with Crippen LogP contribution >= 0.6 is 10.7 Å². The quantitative estimate of drug-likeness (QED) is 0.786. The van der Waals surface area contributed by atoms with Crippen LogP contribution in [0.1, 0.15) is 32.3 Å². The van der Waals surface area contributed by atoms with Crippen molar-refractivity contribution < 1.29 is 13.2 Å². The van der Waals surface area contributed by atoms with E-state index in [0.29, 0.717) is 13.0 Å². The number of nitrogens with one attached hydrogen (secondary N) is 1. The zero-order chi connectivity index (χ0) is 15.2. The van der Waals surface area contributed by atoms with Crippen LogP contribution in [0.4, 0.5) is 0 Å². The van der Waals surface area contributed by atoms with Gasteiger partial charge in [-0.1, -0.05) is 32.4 Å². The smallest absolute Gasteiger partial charge is 0.261 e. The zero-order valence-corrected chi connectivity index (χ0v) is 13.3. The van der Waals surface area contributed by atoms with Crippen molar-refractivity contribution in [3.05, 3.63) is 29.8 Å². The second kappa shape index (κ2) is 7.64. The van der Waals surface area contributed by atoms with Gasteiger partial charge in [0.05, 0.1) is 4.90 Å². The molecule has 1 unspecified atom stereocenters. The largest absolute Gasteiger partial charge is 0.356 e. The van der Waals surface area contributed by atoms with Crippen LogP contribution in [0.5, 0.6) is 0 Å². The van der Waals surface area contributed by atoms with Gasteiger partial charge in [0.25, 0.3) is 9.05 Å². The van der Waals surface area contributed by atoms with E-state index in [1.54, 1.807) is 12.1 Å². The van der Waals surface area contributed by atoms with Crippen LogP contribution in [0, 0.1) is 5.92 Å². The number of carbonyl (C=O) groups is 1. The molecule has 0 bridgehead atoms. The van der Waals surface area contributed by atoms with Crippen molar-refractivity contribution in [1.82, 2.24) is 5.32 Å². The molecule has 4 nitrogen and oxygen atoms in total. The molecule has 1 N–H and O–H groups in total. The molecule has 0 radical (unpaired) electrons. The molecule has 20 heavy (non-hydrogen) atoms. The van der Waals surface area contributed by atoms with Gasteiger partial charge in [0.2, 0.25) is 5.91 Å². The molecular weight excluding hydrogens is 298 g/mol. The zero-order valence-electron chi connectivity index (χ0n) is 11.7. The molecule has 1 rings (SSSR count). The van der Waals surface area contributed by atoms with Crippen molar-refractivity contribution in [3.8, 4) is 0 Å². The fourth-order valence-corrected chi connectivity index (χ4v) is 2.66. The predicted molar refractivity (Wildman–Crippen MR) is 80.3 cm³/mol. The Hall–Kier alpha value is -1.07. The highest BCUT2D eigenvalue weighted by Crippen LogP contribution is 2.15. The van der Waals surface area contributed by atoms with E-state index in [1.165, 1.54) is 12.1 Å². The molecule has 1 amide bonds. The first-order valence-electron chi connectivity index (χ1n) is 6.66. The molecule has 1 atom stereocenters. The maximum absolute atomic E-state index is 11.7. The summed E-state index contributed by atoms with van der Waals surface area (Å²) in [5, 5.41) is 2.88. The van der Waals surface area contributed by atoms with Crippen LogP contribution < -0.4 is 5.32 Å². The molecule has 1 aromatic carbocycles. The summed E-state index contributed by atoms with van der Waals surface area (Å²) >= 11 is 0. The van der Waals surface area contributed by atoms with Crippen molar-refractivity contribution in [2.24, 2.45) is 5.92 Å². The first kappa shape index (κ1) is 17.0. The van der Waals surface area contributed by atoms with Gasteiger partial charge in [-0.05, 0) is 30.5 Å². The van der Waals surface area contributed by atoms with Crippen molar-refractivity contribution in [2.75, 3.05) is 6.54 Å². The third kappa shape index (κ3) is 5.51. The van der Waals surface area contributed by atoms with Crippen molar-refractivity contribution >= 4 is 25.6 Å². The number of carbonyl (C=O) groups excluding carboxylic acids is 1. The lowest BCUT2D eigenvalue weighted by Gasteiger charge is -2.11. The Bertz CT molecular complexity index is 540. The van der Waals surface area contributed by atoms with Gasteiger partial charge in [-0.2, -0.15) is 0 Å². The van der Waals surface area contributed by atoms with Crippen molar-refractivity contribution in [1.29, 1.82) is 0 Å². The Morgan fingerprint density at radius 2 is 1.90 bits per heavy atom. The molecule has 0 aliphatic heterocycles. The Morgan fingerprint density at radius 1 is 1.30 bits per heavy atom. The van der Waals surface area contributed by atoms with E-state index in [0.717, 1.165) is 18.4 Å². The Labute approximate surface area is 124 Å². The van der Waals surface area contributed by atoms with Crippen molar-refractivity contribution in [3.63, 3.8) is 0 Å². The summed E-state index contributed by atoms with van der Waals surface area (Å²) in [7, 11) is 1.57. The minimum absolute atomic E-state index is 0.0313.